The minimum absolute atomic E-state index is 0.0772. The summed E-state index contributed by atoms with van der Waals surface area (Å²) in [5.74, 6) is -0.483. The van der Waals surface area contributed by atoms with Crippen LogP contribution < -0.4 is 5.32 Å². The van der Waals surface area contributed by atoms with Gasteiger partial charge in [-0.15, -0.1) is 0 Å². The molecule has 2 rings (SSSR count). The molecule has 0 fully saturated rings. The van der Waals surface area contributed by atoms with Gasteiger partial charge in [-0.25, -0.2) is 4.39 Å². The zero-order valence-corrected chi connectivity index (χ0v) is 11.6. The quantitative estimate of drug-likeness (QED) is 0.661. The van der Waals surface area contributed by atoms with Gasteiger partial charge in [0.2, 0.25) is 0 Å². The number of benzene rings is 2. The van der Waals surface area contributed by atoms with Crippen LogP contribution in [0.5, 0.6) is 5.75 Å². The predicted octanol–water partition coefficient (Wildman–Crippen LogP) is 3.92. The number of hydrogen-bond donors (Lipinski definition) is 2. The summed E-state index contributed by atoms with van der Waals surface area (Å²) in [6.45, 7) is 3.61. The molecular weight excluding hydrogens is 275 g/mol. The molecule has 0 bridgehead atoms. The van der Waals surface area contributed by atoms with E-state index < -0.39 is 16.8 Å². The molecule has 21 heavy (non-hydrogen) atoms. The van der Waals surface area contributed by atoms with Gasteiger partial charge < -0.3 is 10.4 Å². The lowest BCUT2D eigenvalue weighted by atomic mass is 10.0. The van der Waals surface area contributed by atoms with Crippen LogP contribution in [0.2, 0.25) is 0 Å². The van der Waals surface area contributed by atoms with Gasteiger partial charge in [-0.1, -0.05) is 17.7 Å². The molecule has 0 radical (unpaired) electrons. The Morgan fingerprint density at radius 1 is 1.29 bits per heavy atom. The fourth-order valence-corrected chi connectivity index (χ4v) is 2.11. The van der Waals surface area contributed by atoms with Crippen LogP contribution in [0.25, 0.3) is 0 Å². The third kappa shape index (κ3) is 3.28. The van der Waals surface area contributed by atoms with E-state index in [4.69, 9.17) is 0 Å². The lowest BCUT2D eigenvalue weighted by molar-refractivity contribution is -0.384. The largest absolute Gasteiger partial charge is 0.508 e. The molecule has 0 amide bonds. The van der Waals surface area contributed by atoms with Crippen LogP contribution in [-0.4, -0.2) is 10.0 Å². The highest BCUT2D eigenvalue weighted by molar-refractivity contribution is 5.62. The van der Waals surface area contributed by atoms with Crippen molar-refractivity contribution in [3.63, 3.8) is 0 Å². The summed E-state index contributed by atoms with van der Waals surface area (Å²) >= 11 is 0. The standard InChI is InChI=1S/C15H15FN2O3/c1-9-3-6-15(19)12(7-9)10(2)17-13-8-11(16)4-5-14(13)18(20)21/h3-8,10,17,19H,1-2H3. The fraction of sp³-hybridized carbons (Fsp3) is 0.200. The van der Waals surface area contributed by atoms with Gasteiger partial charge in [-0.3, -0.25) is 10.1 Å². The summed E-state index contributed by atoms with van der Waals surface area (Å²) in [6.07, 6.45) is 0. The maximum absolute atomic E-state index is 13.3. The van der Waals surface area contributed by atoms with E-state index in [-0.39, 0.29) is 17.1 Å². The molecule has 0 saturated heterocycles. The van der Waals surface area contributed by atoms with Gasteiger partial charge >= 0.3 is 0 Å². The van der Waals surface area contributed by atoms with Crippen molar-refractivity contribution in [2.75, 3.05) is 5.32 Å². The molecule has 2 N–H and O–H groups in total. The van der Waals surface area contributed by atoms with E-state index in [2.05, 4.69) is 5.32 Å². The predicted molar refractivity (Wildman–Crippen MR) is 77.9 cm³/mol. The number of hydrogen-bond acceptors (Lipinski definition) is 4. The normalized spacial score (nSPS) is 12.0. The van der Waals surface area contributed by atoms with E-state index in [1.165, 1.54) is 0 Å². The van der Waals surface area contributed by atoms with E-state index in [9.17, 15) is 19.6 Å². The number of aromatic hydroxyl groups is 1. The van der Waals surface area contributed by atoms with Gasteiger partial charge in [0, 0.05) is 17.7 Å². The average molecular weight is 290 g/mol. The summed E-state index contributed by atoms with van der Waals surface area (Å²) in [4.78, 5) is 10.4. The minimum Gasteiger partial charge on any atom is -0.508 e. The van der Waals surface area contributed by atoms with Gasteiger partial charge in [0.05, 0.1) is 11.0 Å². The summed E-state index contributed by atoms with van der Waals surface area (Å²) < 4.78 is 13.3. The van der Waals surface area contributed by atoms with E-state index in [0.717, 1.165) is 23.8 Å². The second-order valence-corrected chi connectivity index (χ2v) is 4.85. The first-order chi connectivity index (χ1) is 9.88. The number of phenolic OH excluding ortho intramolecular Hbond substituents is 1. The molecule has 0 aliphatic heterocycles. The van der Waals surface area contributed by atoms with Crippen molar-refractivity contribution in [1.29, 1.82) is 0 Å². The highest BCUT2D eigenvalue weighted by Crippen LogP contribution is 2.32. The molecule has 0 heterocycles. The lowest BCUT2D eigenvalue weighted by Crippen LogP contribution is -2.09. The zero-order valence-electron chi connectivity index (χ0n) is 11.6. The van der Waals surface area contributed by atoms with E-state index in [1.54, 1.807) is 25.1 Å². The Kier molecular flexibility index (Phi) is 4.07. The Morgan fingerprint density at radius 3 is 2.67 bits per heavy atom. The lowest BCUT2D eigenvalue weighted by Gasteiger charge is -2.17. The molecule has 0 aliphatic carbocycles. The molecule has 0 aromatic heterocycles. The topological polar surface area (TPSA) is 75.4 Å². The van der Waals surface area contributed by atoms with Crippen LogP contribution in [-0.2, 0) is 0 Å². The minimum atomic E-state index is -0.579. The Balaban J connectivity index is 2.35. The molecule has 1 unspecified atom stereocenters. The molecule has 6 heteroatoms. The molecule has 5 nitrogen and oxygen atoms in total. The number of nitrogens with zero attached hydrogens (tertiary/aromatic N) is 1. The monoisotopic (exact) mass is 290 g/mol. The van der Waals surface area contributed by atoms with Crippen molar-refractivity contribution in [2.24, 2.45) is 0 Å². The van der Waals surface area contributed by atoms with Crippen molar-refractivity contribution >= 4 is 11.4 Å². The number of anilines is 1. The van der Waals surface area contributed by atoms with E-state index >= 15 is 0 Å². The molecule has 110 valence electrons. The van der Waals surface area contributed by atoms with Crippen molar-refractivity contribution in [1.82, 2.24) is 0 Å². The van der Waals surface area contributed by atoms with Crippen molar-refractivity contribution in [2.45, 2.75) is 19.9 Å². The number of phenols is 1. The molecule has 2 aromatic carbocycles. The van der Waals surface area contributed by atoms with Gasteiger partial charge in [0.1, 0.15) is 17.3 Å². The molecule has 0 saturated carbocycles. The second-order valence-electron chi connectivity index (χ2n) is 4.85. The third-order valence-corrected chi connectivity index (χ3v) is 3.18. The Hall–Kier alpha value is -2.63. The molecule has 1 atom stereocenters. The summed E-state index contributed by atoms with van der Waals surface area (Å²) in [6, 6.07) is 7.91. The van der Waals surface area contributed by atoms with Crippen LogP contribution in [0.15, 0.2) is 36.4 Å². The van der Waals surface area contributed by atoms with Crippen molar-refractivity contribution in [3.8, 4) is 5.75 Å². The van der Waals surface area contributed by atoms with Crippen molar-refractivity contribution in [3.05, 3.63) is 63.5 Å². The van der Waals surface area contributed by atoms with Crippen LogP contribution in [0.1, 0.15) is 24.1 Å². The first-order valence-electron chi connectivity index (χ1n) is 6.38. The molecule has 2 aromatic rings. The Morgan fingerprint density at radius 2 is 2.00 bits per heavy atom. The SMILES string of the molecule is Cc1ccc(O)c(C(C)Nc2cc(F)ccc2[N+](=O)[O-])c1. The number of aryl methyl sites for hydroxylation is 1. The summed E-state index contributed by atoms with van der Waals surface area (Å²) in [5, 5.41) is 23.7. The highest BCUT2D eigenvalue weighted by atomic mass is 19.1. The number of nitro groups is 1. The second kappa shape index (κ2) is 5.78. The zero-order chi connectivity index (χ0) is 15.6. The smallest absolute Gasteiger partial charge is 0.292 e. The number of nitro benzene ring substituents is 1. The summed E-state index contributed by atoms with van der Waals surface area (Å²) in [7, 11) is 0. The van der Waals surface area contributed by atoms with Crippen LogP contribution >= 0.6 is 0 Å². The van der Waals surface area contributed by atoms with Gasteiger partial charge in [-0.05, 0) is 26.0 Å². The maximum atomic E-state index is 13.3. The average Bonchev–Trinajstić information content (AvgIpc) is 2.41. The van der Waals surface area contributed by atoms with Crippen LogP contribution in [0, 0.1) is 22.9 Å². The van der Waals surface area contributed by atoms with Gasteiger partial charge in [-0.2, -0.15) is 0 Å². The maximum Gasteiger partial charge on any atom is 0.292 e. The van der Waals surface area contributed by atoms with Gasteiger partial charge in [0.15, 0.2) is 0 Å². The third-order valence-electron chi connectivity index (χ3n) is 3.18. The van der Waals surface area contributed by atoms with Gasteiger partial charge in [0.25, 0.3) is 5.69 Å². The van der Waals surface area contributed by atoms with Crippen molar-refractivity contribution < 1.29 is 14.4 Å². The van der Waals surface area contributed by atoms with E-state index in [1.807, 2.05) is 6.92 Å². The molecule has 0 aliphatic rings. The van der Waals surface area contributed by atoms with Crippen LogP contribution in [0.4, 0.5) is 15.8 Å². The number of halogens is 1. The highest BCUT2D eigenvalue weighted by Gasteiger charge is 2.18. The van der Waals surface area contributed by atoms with Crippen LogP contribution in [0.3, 0.4) is 0 Å². The first kappa shape index (κ1) is 14.8. The number of rotatable bonds is 4. The Labute approximate surface area is 121 Å². The van der Waals surface area contributed by atoms with E-state index in [0.29, 0.717) is 5.56 Å². The number of nitrogens with one attached hydrogen (secondary N) is 1. The Bertz CT molecular complexity index is 689. The first-order valence-corrected chi connectivity index (χ1v) is 6.38. The fourth-order valence-electron chi connectivity index (χ4n) is 2.11. The molecule has 0 spiro atoms. The summed E-state index contributed by atoms with van der Waals surface area (Å²) in [5.41, 5.74) is 1.41. The molecular formula is C15H15FN2O3.